The molecule has 4 rings (SSSR count). The zero-order valence-electron chi connectivity index (χ0n) is 19.4. The van der Waals surface area contributed by atoms with E-state index >= 15 is 0 Å². The Morgan fingerprint density at radius 2 is 2.06 bits per heavy atom. The van der Waals surface area contributed by atoms with E-state index in [-0.39, 0.29) is 24.1 Å². The van der Waals surface area contributed by atoms with Crippen molar-refractivity contribution in [2.45, 2.75) is 33.7 Å². The summed E-state index contributed by atoms with van der Waals surface area (Å²) < 4.78 is 21.2. The van der Waals surface area contributed by atoms with Crippen molar-refractivity contribution in [2.24, 2.45) is 0 Å². The Morgan fingerprint density at radius 3 is 2.74 bits per heavy atom. The highest BCUT2D eigenvalue weighted by Crippen LogP contribution is 2.30. The Bertz CT molecular complexity index is 1410. The summed E-state index contributed by atoms with van der Waals surface area (Å²) in [6.45, 7) is 8.31. The number of furan rings is 1. The monoisotopic (exact) mass is 460 g/mol. The molecule has 174 valence electrons. The molecule has 0 saturated heterocycles. The van der Waals surface area contributed by atoms with Crippen LogP contribution in [0.5, 0.6) is 0 Å². The third-order valence-electron chi connectivity index (χ3n) is 5.47. The van der Waals surface area contributed by atoms with Gasteiger partial charge in [0.05, 0.1) is 28.5 Å². The zero-order valence-corrected chi connectivity index (χ0v) is 19.4. The fourth-order valence-corrected chi connectivity index (χ4v) is 3.86. The molecular weight excluding hydrogens is 435 g/mol. The maximum Gasteiger partial charge on any atom is 0.252 e. The molecule has 0 bridgehead atoms. The van der Waals surface area contributed by atoms with Gasteiger partial charge >= 0.3 is 0 Å². The first-order valence-electron chi connectivity index (χ1n) is 11.0. The molecule has 3 aromatic heterocycles. The van der Waals surface area contributed by atoms with Gasteiger partial charge in [-0.3, -0.25) is 4.79 Å². The molecule has 0 spiro atoms. The van der Waals surface area contributed by atoms with Crippen LogP contribution in [0.1, 0.15) is 47.3 Å². The molecule has 0 aliphatic carbocycles. The summed E-state index contributed by atoms with van der Waals surface area (Å²) in [4.78, 5) is 17.9. The third kappa shape index (κ3) is 4.35. The summed E-state index contributed by atoms with van der Waals surface area (Å²) in [5.74, 6) is 0.614. The predicted molar refractivity (Wildman–Crippen MR) is 127 cm³/mol. The van der Waals surface area contributed by atoms with Crippen molar-refractivity contribution in [3.8, 4) is 17.3 Å². The number of fused-ring (bicyclic) bond motifs is 1. The van der Waals surface area contributed by atoms with Crippen molar-refractivity contribution in [1.82, 2.24) is 20.1 Å². The number of nitriles is 1. The van der Waals surface area contributed by atoms with Crippen LogP contribution in [0.4, 0.5) is 10.1 Å². The Morgan fingerprint density at radius 1 is 1.26 bits per heavy atom. The lowest BCUT2D eigenvalue weighted by atomic mass is 10.1. The molecule has 1 aromatic carbocycles. The first kappa shape index (κ1) is 23.0. The summed E-state index contributed by atoms with van der Waals surface area (Å²) in [5, 5.41) is 20.1. The maximum atomic E-state index is 13.8. The van der Waals surface area contributed by atoms with Crippen LogP contribution in [0.2, 0.25) is 0 Å². The topological polar surface area (TPSA) is 109 Å². The van der Waals surface area contributed by atoms with E-state index in [0.717, 1.165) is 17.1 Å². The normalized spacial score (nSPS) is 11.1. The quantitative estimate of drug-likeness (QED) is 0.386. The van der Waals surface area contributed by atoms with Crippen LogP contribution in [-0.2, 0) is 0 Å². The number of nitrogens with one attached hydrogen (secondary N) is 2. The van der Waals surface area contributed by atoms with E-state index in [2.05, 4.69) is 15.7 Å². The summed E-state index contributed by atoms with van der Waals surface area (Å²) in [6, 6.07) is 9.94. The first-order valence-corrected chi connectivity index (χ1v) is 11.0. The summed E-state index contributed by atoms with van der Waals surface area (Å²) in [6.07, 6.45) is 1.65. The highest BCUT2D eigenvalue weighted by Gasteiger charge is 2.20. The van der Waals surface area contributed by atoms with E-state index in [1.807, 2.05) is 39.8 Å². The van der Waals surface area contributed by atoms with Crippen molar-refractivity contribution in [2.75, 3.05) is 18.4 Å². The first-order chi connectivity index (χ1) is 16.3. The van der Waals surface area contributed by atoms with E-state index in [9.17, 15) is 9.18 Å². The second-order valence-corrected chi connectivity index (χ2v) is 8.26. The van der Waals surface area contributed by atoms with Crippen LogP contribution in [0.3, 0.4) is 0 Å². The van der Waals surface area contributed by atoms with E-state index in [0.29, 0.717) is 34.5 Å². The number of hydrogen-bond acceptors (Lipinski definition) is 6. The van der Waals surface area contributed by atoms with Crippen LogP contribution >= 0.6 is 0 Å². The number of amides is 1. The van der Waals surface area contributed by atoms with Gasteiger partial charge in [-0.1, -0.05) is 6.07 Å². The lowest BCUT2D eigenvalue weighted by molar-refractivity contribution is 0.0956. The Kier molecular flexibility index (Phi) is 6.32. The fourth-order valence-electron chi connectivity index (χ4n) is 3.86. The second kappa shape index (κ2) is 9.35. The van der Waals surface area contributed by atoms with Crippen molar-refractivity contribution < 1.29 is 13.6 Å². The smallest absolute Gasteiger partial charge is 0.252 e. The minimum absolute atomic E-state index is 0.0545. The van der Waals surface area contributed by atoms with Crippen molar-refractivity contribution >= 4 is 22.6 Å². The molecule has 0 atom stereocenters. The molecule has 1 amide bonds. The third-order valence-corrected chi connectivity index (χ3v) is 5.47. The number of anilines is 1. The predicted octanol–water partition coefficient (Wildman–Crippen LogP) is 4.74. The number of halogens is 1. The molecule has 0 aliphatic rings. The van der Waals surface area contributed by atoms with Gasteiger partial charge in [0, 0.05) is 24.7 Å². The number of aromatic nitrogens is 3. The van der Waals surface area contributed by atoms with Gasteiger partial charge in [0.25, 0.3) is 5.91 Å². The molecule has 4 aromatic rings. The van der Waals surface area contributed by atoms with E-state index in [1.54, 1.807) is 23.0 Å². The Balaban J connectivity index is 1.59. The number of carbonyl (C=O) groups excluding carboxylic acids is 1. The molecule has 0 unspecified atom stereocenters. The Labute approximate surface area is 196 Å². The second-order valence-electron chi connectivity index (χ2n) is 8.26. The van der Waals surface area contributed by atoms with Crippen molar-refractivity contribution in [1.29, 1.82) is 5.26 Å². The number of pyridine rings is 1. The van der Waals surface area contributed by atoms with Gasteiger partial charge in [-0.2, -0.15) is 10.4 Å². The molecule has 8 nitrogen and oxygen atoms in total. The number of nitrogens with zero attached hydrogens (tertiary/aromatic N) is 4. The van der Waals surface area contributed by atoms with Crippen LogP contribution < -0.4 is 10.6 Å². The van der Waals surface area contributed by atoms with E-state index in [1.165, 1.54) is 12.1 Å². The minimum Gasteiger partial charge on any atom is -0.466 e. The average molecular weight is 461 g/mol. The Hall–Kier alpha value is -4.19. The summed E-state index contributed by atoms with van der Waals surface area (Å²) in [5.41, 5.74) is 2.85. The van der Waals surface area contributed by atoms with Gasteiger partial charge in [0.15, 0.2) is 5.65 Å². The highest BCUT2D eigenvalue weighted by atomic mass is 19.1. The van der Waals surface area contributed by atoms with E-state index < -0.39 is 5.82 Å². The van der Waals surface area contributed by atoms with Crippen molar-refractivity contribution in [3.63, 3.8) is 0 Å². The lowest BCUT2D eigenvalue weighted by Gasteiger charge is -2.12. The summed E-state index contributed by atoms with van der Waals surface area (Å²) >= 11 is 0. The van der Waals surface area contributed by atoms with Crippen molar-refractivity contribution in [3.05, 3.63) is 65.0 Å². The largest absolute Gasteiger partial charge is 0.466 e. The lowest BCUT2D eigenvalue weighted by Crippen LogP contribution is -2.29. The van der Waals surface area contributed by atoms with Crippen LogP contribution in [0, 0.1) is 31.0 Å². The number of rotatable bonds is 7. The molecule has 3 heterocycles. The molecule has 0 aliphatic heterocycles. The van der Waals surface area contributed by atoms with Crippen LogP contribution in [0.15, 0.2) is 40.9 Å². The molecule has 0 saturated carbocycles. The van der Waals surface area contributed by atoms with Gasteiger partial charge in [0.1, 0.15) is 29.0 Å². The number of benzene rings is 1. The van der Waals surface area contributed by atoms with Gasteiger partial charge in [0.2, 0.25) is 0 Å². The van der Waals surface area contributed by atoms with Crippen LogP contribution in [0.25, 0.3) is 22.3 Å². The number of aryl methyl sites for hydroxylation is 2. The molecule has 2 N–H and O–H groups in total. The van der Waals surface area contributed by atoms with Gasteiger partial charge in [-0.05, 0) is 52.0 Å². The highest BCUT2D eigenvalue weighted by molar-refractivity contribution is 6.06. The summed E-state index contributed by atoms with van der Waals surface area (Å²) in [7, 11) is 0. The molecule has 34 heavy (non-hydrogen) atoms. The standard InChI is InChI=1S/C25H25FN6O2/c1-14(2)32-24-20(13-30-32)18(11-23(31-24)17-10-15(3)34-16(17)4)25(33)29-9-8-28-22-7-5-6-21(26)19(22)12-27/h5-7,10-11,13-14,28H,8-9H2,1-4H3,(H,29,33). The zero-order chi connectivity index (χ0) is 24.4. The van der Waals surface area contributed by atoms with Gasteiger partial charge < -0.3 is 15.1 Å². The van der Waals surface area contributed by atoms with Gasteiger partial charge in [-0.15, -0.1) is 0 Å². The van der Waals surface area contributed by atoms with Gasteiger partial charge in [-0.25, -0.2) is 14.1 Å². The average Bonchev–Trinajstić information content (AvgIpc) is 3.38. The minimum atomic E-state index is -0.588. The fraction of sp³-hybridized carbons (Fsp3) is 0.280. The molecular formula is C25H25FN6O2. The molecule has 0 fully saturated rings. The van der Waals surface area contributed by atoms with E-state index in [4.69, 9.17) is 14.7 Å². The number of carbonyl (C=O) groups is 1. The maximum absolute atomic E-state index is 13.8. The number of hydrogen-bond donors (Lipinski definition) is 2. The van der Waals surface area contributed by atoms with Crippen LogP contribution in [-0.4, -0.2) is 33.8 Å². The SMILES string of the molecule is Cc1cc(-c2cc(C(=O)NCCNc3cccc(F)c3C#N)c3cnn(C(C)C)c3n2)c(C)o1. The molecule has 9 heteroatoms. The molecule has 0 radical (unpaired) electrons.